The Morgan fingerprint density at radius 1 is 0.783 bits per heavy atom. The first-order valence-electron chi connectivity index (χ1n) is 7.73. The highest BCUT2D eigenvalue weighted by molar-refractivity contribution is 7.74. The molecule has 0 N–H and O–H groups in total. The van der Waals surface area contributed by atoms with E-state index in [1.165, 1.54) is 0 Å². The van der Waals surface area contributed by atoms with E-state index in [1.807, 2.05) is 84.9 Å². The number of rotatable bonds is 5. The van der Waals surface area contributed by atoms with E-state index in [4.69, 9.17) is 4.52 Å². The minimum Gasteiger partial charge on any atom is -0.437 e. The van der Waals surface area contributed by atoms with Gasteiger partial charge in [0.1, 0.15) is 5.75 Å². The molecule has 0 aromatic heterocycles. The molecule has 3 heteroatoms. The van der Waals surface area contributed by atoms with Crippen molar-refractivity contribution in [3.63, 3.8) is 0 Å². The molecule has 0 bridgehead atoms. The Morgan fingerprint density at radius 2 is 1.35 bits per heavy atom. The van der Waals surface area contributed by atoms with E-state index < -0.39 is 7.37 Å². The summed E-state index contributed by atoms with van der Waals surface area (Å²) in [5, 5.41) is 1.49. The maximum Gasteiger partial charge on any atom is 0.307 e. The zero-order chi connectivity index (χ0) is 16.1. The summed E-state index contributed by atoms with van der Waals surface area (Å²) in [5.41, 5.74) is 1.05. The Balaban J connectivity index is 2.16. The van der Waals surface area contributed by atoms with Crippen LogP contribution in [0.1, 0.15) is 12.5 Å². The van der Waals surface area contributed by atoms with Crippen molar-refractivity contribution in [1.82, 2.24) is 0 Å². The topological polar surface area (TPSA) is 26.3 Å². The molecular formula is C20H19O2P. The van der Waals surface area contributed by atoms with Crippen molar-refractivity contribution in [2.24, 2.45) is 0 Å². The summed E-state index contributed by atoms with van der Waals surface area (Å²) in [6.45, 7) is 2.07. The van der Waals surface area contributed by atoms with Crippen molar-refractivity contribution >= 4 is 18.0 Å². The third kappa shape index (κ3) is 3.23. The molecule has 2 nitrogen and oxygen atoms in total. The minimum absolute atomic E-state index is 0.616. The van der Waals surface area contributed by atoms with Gasteiger partial charge in [-0.05, 0) is 42.3 Å². The van der Waals surface area contributed by atoms with E-state index >= 15 is 0 Å². The maximum atomic E-state index is 13.9. The molecule has 3 aromatic rings. The highest BCUT2D eigenvalue weighted by atomic mass is 31.2. The van der Waals surface area contributed by atoms with Gasteiger partial charge >= 0.3 is 7.37 Å². The molecular weight excluding hydrogens is 303 g/mol. The van der Waals surface area contributed by atoms with Crippen LogP contribution in [0, 0.1) is 0 Å². The Morgan fingerprint density at radius 3 is 2.00 bits per heavy atom. The van der Waals surface area contributed by atoms with E-state index in [0.717, 1.165) is 17.3 Å². The van der Waals surface area contributed by atoms with Gasteiger partial charge in [-0.2, -0.15) is 0 Å². The second-order valence-electron chi connectivity index (χ2n) is 5.27. The highest BCUT2D eigenvalue weighted by Crippen LogP contribution is 2.45. The number of hydrogen-bond acceptors (Lipinski definition) is 2. The van der Waals surface area contributed by atoms with Crippen LogP contribution in [0.4, 0.5) is 0 Å². The van der Waals surface area contributed by atoms with Crippen molar-refractivity contribution in [2.75, 3.05) is 0 Å². The van der Waals surface area contributed by atoms with Crippen LogP contribution in [0.3, 0.4) is 0 Å². The number of aryl methyl sites for hydroxylation is 1. The highest BCUT2D eigenvalue weighted by Gasteiger charge is 2.31. The van der Waals surface area contributed by atoms with Gasteiger partial charge in [0.2, 0.25) is 0 Å². The lowest BCUT2D eigenvalue weighted by molar-refractivity contribution is 0.502. The summed E-state index contributed by atoms with van der Waals surface area (Å²) in [6.07, 6.45) is 0.811. The monoisotopic (exact) mass is 322 g/mol. The minimum atomic E-state index is -3.20. The summed E-state index contributed by atoms with van der Waals surface area (Å²) >= 11 is 0. The Bertz CT molecular complexity index is 813. The third-order valence-corrected chi connectivity index (χ3v) is 6.28. The molecule has 1 atom stereocenters. The van der Waals surface area contributed by atoms with Crippen molar-refractivity contribution in [3.05, 3.63) is 90.5 Å². The molecule has 116 valence electrons. The molecule has 0 radical (unpaired) electrons. The Labute approximate surface area is 137 Å². The van der Waals surface area contributed by atoms with Gasteiger partial charge in [0.15, 0.2) is 0 Å². The Hall–Kier alpha value is -2.31. The lowest BCUT2D eigenvalue weighted by atomic mass is 10.2. The fourth-order valence-corrected chi connectivity index (χ4v) is 4.95. The zero-order valence-corrected chi connectivity index (χ0v) is 13.9. The van der Waals surface area contributed by atoms with Crippen molar-refractivity contribution in [2.45, 2.75) is 13.3 Å². The van der Waals surface area contributed by atoms with E-state index in [9.17, 15) is 4.57 Å². The zero-order valence-electron chi connectivity index (χ0n) is 13.1. The summed E-state index contributed by atoms with van der Waals surface area (Å²) < 4.78 is 20.0. The predicted octanol–water partition coefficient (Wildman–Crippen LogP) is 4.56. The first-order valence-corrected chi connectivity index (χ1v) is 9.35. The quantitative estimate of drug-likeness (QED) is 0.644. The molecule has 0 heterocycles. The molecule has 0 fully saturated rings. The molecule has 3 rings (SSSR count). The van der Waals surface area contributed by atoms with Crippen LogP contribution in [0.15, 0.2) is 84.9 Å². The SMILES string of the molecule is CCc1ccccc1P(=O)(Oc1ccccc1)c1ccccc1. The van der Waals surface area contributed by atoms with Crippen molar-refractivity contribution < 1.29 is 9.09 Å². The second-order valence-corrected chi connectivity index (χ2v) is 7.56. The van der Waals surface area contributed by atoms with Crippen LogP contribution >= 0.6 is 7.37 Å². The van der Waals surface area contributed by atoms with Gasteiger partial charge in [-0.1, -0.05) is 61.5 Å². The standard InChI is InChI=1S/C20H19O2P/c1-2-17-11-9-10-16-20(17)23(21,19-14-7-4-8-15-19)22-18-12-5-3-6-13-18/h3-16H,2H2,1H3. The third-order valence-electron chi connectivity index (χ3n) is 3.76. The molecule has 1 unspecified atom stereocenters. The lowest BCUT2D eigenvalue weighted by Gasteiger charge is -2.22. The summed E-state index contributed by atoms with van der Waals surface area (Å²) in [5.74, 6) is 0.616. The molecule has 23 heavy (non-hydrogen) atoms. The van der Waals surface area contributed by atoms with Gasteiger partial charge in [-0.25, -0.2) is 0 Å². The number of para-hydroxylation sites is 1. The van der Waals surface area contributed by atoms with Crippen molar-refractivity contribution in [3.8, 4) is 5.75 Å². The molecule has 0 aliphatic carbocycles. The van der Waals surface area contributed by atoms with Crippen LogP contribution in [0.2, 0.25) is 0 Å². The summed E-state index contributed by atoms with van der Waals surface area (Å²) in [7, 11) is -3.20. The molecule has 0 saturated carbocycles. The molecule has 0 spiro atoms. The van der Waals surface area contributed by atoms with Gasteiger partial charge in [0.05, 0.1) is 10.6 Å². The van der Waals surface area contributed by atoms with Gasteiger partial charge < -0.3 is 4.52 Å². The van der Waals surface area contributed by atoms with E-state index in [-0.39, 0.29) is 0 Å². The molecule has 0 aliphatic rings. The van der Waals surface area contributed by atoms with Gasteiger partial charge in [0.25, 0.3) is 0 Å². The molecule has 0 amide bonds. The van der Waals surface area contributed by atoms with Crippen LogP contribution in [0.25, 0.3) is 0 Å². The summed E-state index contributed by atoms with van der Waals surface area (Å²) in [4.78, 5) is 0. The van der Waals surface area contributed by atoms with E-state index in [1.54, 1.807) is 0 Å². The van der Waals surface area contributed by atoms with Crippen LogP contribution in [-0.4, -0.2) is 0 Å². The smallest absolute Gasteiger partial charge is 0.307 e. The predicted molar refractivity (Wildman–Crippen MR) is 96.2 cm³/mol. The molecule has 0 aliphatic heterocycles. The molecule has 0 saturated heterocycles. The van der Waals surface area contributed by atoms with Gasteiger partial charge in [0, 0.05) is 0 Å². The van der Waals surface area contributed by atoms with Crippen LogP contribution in [0.5, 0.6) is 5.75 Å². The summed E-state index contributed by atoms with van der Waals surface area (Å²) in [6, 6.07) is 26.6. The normalized spacial score (nSPS) is 13.3. The number of hydrogen-bond donors (Lipinski definition) is 0. The van der Waals surface area contributed by atoms with Crippen LogP contribution < -0.4 is 15.1 Å². The molecule has 3 aromatic carbocycles. The second kappa shape index (κ2) is 6.85. The first-order chi connectivity index (χ1) is 11.2. The number of benzene rings is 3. The average Bonchev–Trinajstić information content (AvgIpc) is 2.63. The van der Waals surface area contributed by atoms with Gasteiger partial charge in [-0.3, -0.25) is 4.57 Å². The van der Waals surface area contributed by atoms with Gasteiger partial charge in [-0.15, -0.1) is 0 Å². The lowest BCUT2D eigenvalue weighted by Crippen LogP contribution is -2.23. The Kier molecular flexibility index (Phi) is 4.64. The van der Waals surface area contributed by atoms with E-state index in [2.05, 4.69) is 6.92 Å². The average molecular weight is 322 g/mol. The fraction of sp³-hybridized carbons (Fsp3) is 0.100. The maximum absolute atomic E-state index is 13.9. The van der Waals surface area contributed by atoms with E-state index in [0.29, 0.717) is 11.1 Å². The van der Waals surface area contributed by atoms with Crippen molar-refractivity contribution in [1.29, 1.82) is 0 Å². The fourth-order valence-electron chi connectivity index (χ4n) is 2.59. The largest absolute Gasteiger partial charge is 0.437 e. The van der Waals surface area contributed by atoms with Crippen LogP contribution in [-0.2, 0) is 11.0 Å². The first kappa shape index (κ1) is 15.6.